The molecule has 0 aromatic carbocycles. The van der Waals surface area contributed by atoms with Crippen molar-refractivity contribution in [2.24, 2.45) is 0 Å². The van der Waals surface area contributed by atoms with Crippen molar-refractivity contribution in [2.75, 3.05) is 38.8 Å². The molecule has 0 saturated carbocycles. The zero-order valence-corrected chi connectivity index (χ0v) is 13.8. The quantitative estimate of drug-likeness (QED) is 0.842. The van der Waals surface area contributed by atoms with Crippen LogP contribution >= 0.6 is 24.8 Å². The highest BCUT2D eigenvalue weighted by molar-refractivity contribution is 5.85. The SMILES string of the molecule is CN(C)c1ncccc1CNC(=O)C1COCCN1.Cl.Cl. The number of carbonyl (C=O) groups is 1. The number of rotatable bonds is 4. The summed E-state index contributed by atoms with van der Waals surface area (Å²) in [5.74, 6) is 0.837. The van der Waals surface area contributed by atoms with Gasteiger partial charge in [-0.25, -0.2) is 4.98 Å². The third kappa shape index (κ3) is 5.67. The van der Waals surface area contributed by atoms with Crippen molar-refractivity contribution in [3.05, 3.63) is 23.9 Å². The van der Waals surface area contributed by atoms with Crippen LogP contribution in [0.5, 0.6) is 0 Å². The molecule has 120 valence electrons. The van der Waals surface area contributed by atoms with Crippen LogP contribution in [0.2, 0.25) is 0 Å². The first-order chi connectivity index (χ1) is 9.18. The molecule has 8 heteroatoms. The lowest BCUT2D eigenvalue weighted by molar-refractivity contribution is -0.126. The van der Waals surface area contributed by atoms with Gasteiger partial charge in [0.05, 0.1) is 13.2 Å². The van der Waals surface area contributed by atoms with E-state index < -0.39 is 0 Å². The minimum absolute atomic E-state index is 0. The van der Waals surface area contributed by atoms with Crippen LogP contribution in [0.15, 0.2) is 18.3 Å². The van der Waals surface area contributed by atoms with E-state index in [1.54, 1.807) is 6.20 Å². The second kappa shape index (κ2) is 9.78. The fourth-order valence-corrected chi connectivity index (χ4v) is 2.01. The van der Waals surface area contributed by atoms with Crippen LogP contribution in [0.4, 0.5) is 5.82 Å². The van der Waals surface area contributed by atoms with Gasteiger partial charge in [0.1, 0.15) is 11.9 Å². The van der Waals surface area contributed by atoms with Gasteiger partial charge in [-0.2, -0.15) is 0 Å². The van der Waals surface area contributed by atoms with Gasteiger partial charge in [0.25, 0.3) is 0 Å². The molecular weight excluding hydrogens is 315 g/mol. The summed E-state index contributed by atoms with van der Waals surface area (Å²) in [6.45, 7) is 2.28. The van der Waals surface area contributed by atoms with Crippen LogP contribution in [0, 0.1) is 0 Å². The monoisotopic (exact) mass is 336 g/mol. The number of aromatic nitrogens is 1. The molecule has 0 radical (unpaired) electrons. The predicted octanol–water partition coefficient (Wildman–Crippen LogP) is 0.596. The van der Waals surface area contributed by atoms with Crippen molar-refractivity contribution >= 4 is 36.5 Å². The van der Waals surface area contributed by atoms with E-state index in [1.165, 1.54) is 0 Å². The lowest BCUT2D eigenvalue weighted by Crippen LogP contribution is -2.51. The molecule has 1 aromatic rings. The highest BCUT2D eigenvalue weighted by Gasteiger charge is 2.21. The molecule has 1 aliphatic heterocycles. The Labute approximate surface area is 137 Å². The fraction of sp³-hybridized carbons (Fsp3) is 0.538. The normalized spacial score (nSPS) is 17.1. The van der Waals surface area contributed by atoms with Crippen molar-refractivity contribution in [2.45, 2.75) is 12.6 Å². The number of carbonyl (C=O) groups excluding carboxylic acids is 1. The van der Waals surface area contributed by atoms with E-state index in [-0.39, 0.29) is 36.8 Å². The number of pyridine rings is 1. The minimum atomic E-state index is -0.256. The van der Waals surface area contributed by atoms with Crippen LogP contribution in [0.3, 0.4) is 0 Å². The van der Waals surface area contributed by atoms with Crippen LogP contribution in [-0.4, -0.2) is 50.8 Å². The molecule has 6 nitrogen and oxygen atoms in total. The molecule has 21 heavy (non-hydrogen) atoms. The van der Waals surface area contributed by atoms with Gasteiger partial charge < -0.3 is 20.3 Å². The topological polar surface area (TPSA) is 66.5 Å². The van der Waals surface area contributed by atoms with Crippen molar-refractivity contribution in [3.8, 4) is 0 Å². The van der Waals surface area contributed by atoms with E-state index in [2.05, 4.69) is 15.6 Å². The number of nitrogens with zero attached hydrogens (tertiary/aromatic N) is 2. The minimum Gasteiger partial charge on any atom is -0.378 e. The van der Waals surface area contributed by atoms with Crippen molar-refractivity contribution in [3.63, 3.8) is 0 Å². The lowest BCUT2D eigenvalue weighted by Gasteiger charge is -2.23. The number of amides is 1. The maximum atomic E-state index is 12.0. The highest BCUT2D eigenvalue weighted by Crippen LogP contribution is 2.13. The van der Waals surface area contributed by atoms with E-state index in [0.29, 0.717) is 26.3 Å². The second-order valence-corrected chi connectivity index (χ2v) is 4.68. The summed E-state index contributed by atoms with van der Waals surface area (Å²) in [6.07, 6.45) is 1.75. The summed E-state index contributed by atoms with van der Waals surface area (Å²) in [5.41, 5.74) is 0.998. The van der Waals surface area contributed by atoms with E-state index in [0.717, 1.165) is 11.4 Å². The zero-order chi connectivity index (χ0) is 13.7. The molecule has 1 unspecified atom stereocenters. The van der Waals surface area contributed by atoms with Crippen molar-refractivity contribution in [1.82, 2.24) is 15.6 Å². The van der Waals surface area contributed by atoms with Crippen LogP contribution in [0.1, 0.15) is 5.56 Å². The van der Waals surface area contributed by atoms with Gasteiger partial charge >= 0.3 is 0 Å². The summed E-state index contributed by atoms with van der Waals surface area (Å²) in [5, 5.41) is 6.05. The summed E-state index contributed by atoms with van der Waals surface area (Å²) >= 11 is 0. The summed E-state index contributed by atoms with van der Waals surface area (Å²) in [4.78, 5) is 18.2. The zero-order valence-electron chi connectivity index (χ0n) is 12.2. The molecule has 0 bridgehead atoms. The number of anilines is 1. The Morgan fingerprint density at radius 2 is 2.29 bits per heavy atom. The number of ether oxygens (including phenoxy) is 1. The molecule has 0 aliphatic carbocycles. The molecule has 2 heterocycles. The van der Waals surface area contributed by atoms with E-state index >= 15 is 0 Å². The maximum absolute atomic E-state index is 12.0. The van der Waals surface area contributed by atoms with Crippen molar-refractivity contribution in [1.29, 1.82) is 0 Å². The molecule has 1 amide bonds. The number of morpholine rings is 1. The van der Waals surface area contributed by atoms with Gasteiger partial charge in [-0.05, 0) is 6.07 Å². The Balaban J connectivity index is 0.00000200. The summed E-state index contributed by atoms with van der Waals surface area (Å²) in [6, 6.07) is 3.58. The first kappa shape index (κ1) is 19.9. The molecule has 0 spiro atoms. The van der Waals surface area contributed by atoms with Gasteiger partial charge in [-0.15, -0.1) is 24.8 Å². The molecule has 1 fully saturated rings. The van der Waals surface area contributed by atoms with E-state index in [4.69, 9.17) is 4.74 Å². The third-order valence-electron chi connectivity index (χ3n) is 2.98. The Hall–Kier alpha value is -1.08. The number of nitrogens with one attached hydrogen (secondary N) is 2. The molecule has 2 rings (SSSR count). The number of halogens is 2. The van der Waals surface area contributed by atoms with E-state index in [1.807, 2.05) is 31.1 Å². The Bertz CT molecular complexity index is 440. The van der Waals surface area contributed by atoms with Gasteiger partial charge in [-0.3, -0.25) is 4.79 Å². The highest BCUT2D eigenvalue weighted by atomic mass is 35.5. The van der Waals surface area contributed by atoms with E-state index in [9.17, 15) is 4.79 Å². The third-order valence-corrected chi connectivity index (χ3v) is 2.98. The fourth-order valence-electron chi connectivity index (χ4n) is 2.01. The Morgan fingerprint density at radius 1 is 1.52 bits per heavy atom. The van der Waals surface area contributed by atoms with Crippen LogP contribution in [-0.2, 0) is 16.1 Å². The van der Waals surface area contributed by atoms with Gasteiger partial charge in [0, 0.05) is 38.9 Å². The summed E-state index contributed by atoms with van der Waals surface area (Å²) in [7, 11) is 3.87. The number of hydrogen-bond acceptors (Lipinski definition) is 5. The van der Waals surface area contributed by atoms with Gasteiger partial charge in [0.2, 0.25) is 5.91 Å². The lowest BCUT2D eigenvalue weighted by atomic mass is 10.2. The smallest absolute Gasteiger partial charge is 0.239 e. The Kier molecular flexibility index (Phi) is 9.28. The Morgan fingerprint density at radius 3 is 2.90 bits per heavy atom. The molecule has 2 N–H and O–H groups in total. The van der Waals surface area contributed by atoms with Crippen LogP contribution < -0.4 is 15.5 Å². The van der Waals surface area contributed by atoms with Gasteiger partial charge in [0.15, 0.2) is 0 Å². The molecule has 1 saturated heterocycles. The first-order valence-corrected chi connectivity index (χ1v) is 6.38. The first-order valence-electron chi connectivity index (χ1n) is 6.38. The molecule has 1 aromatic heterocycles. The standard InChI is InChI=1S/C13H20N4O2.2ClH/c1-17(2)12-10(4-3-5-15-12)8-16-13(18)11-9-19-7-6-14-11;;/h3-5,11,14H,6-9H2,1-2H3,(H,16,18);2*1H. The maximum Gasteiger partial charge on any atom is 0.239 e. The average molecular weight is 337 g/mol. The average Bonchev–Trinajstić information content (AvgIpc) is 2.46. The van der Waals surface area contributed by atoms with Crippen LogP contribution in [0.25, 0.3) is 0 Å². The second-order valence-electron chi connectivity index (χ2n) is 4.68. The molecule has 1 aliphatic rings. The molecule has 1 atom stereocenters. The largest absolute Gasteiger partial charge is 0.378 e. The molecular formula is C13H22Cl2N4O2. The van der Waals surface area contributed by atoms with Crippen molar-refractivity contribution < 1.29 is 9.53 Å². The summed E-state index contributed by atoms with van der Waals surface area (Å²) < 4.78 is 5.27. The predicted molar refractivity (Wildman–Crippen MR) is 87.5 cm³/mol. The number of hydrogen-bond donors (Lipinski definition) is 2. The van der Waals surface area contributed by atoms with Gasteiger partial charge in [-0.1, -0.05) is 6.07 Å².